The zero-order chi connectivity index (χ0) is 18.1. The van der Waals surface area contributed by atoms with Crippen molar-refractivity contribution in [1.82, 2.24) is 4.90 Å². The fourth-order valence-corrected chi connectivity index (χ4v) is 4.84. The highest BCUT2D eigenvalue weighted by molar-refractivity contribution is 7.13. The smallest absolute Gasteiger partial charge is 0.225 e. The minimum Gasteiger partial charge on any atom is -0.369 e. The van der Waals surface area contributed by atoms with E-state index >= 15 is 0 Å². The molecule has 1 aromatic carbocycles. The maximum atomic E-state index is 12.6. The van der Waals surface area contributed by atoms with Gasteiger partial charge in [0, 0.05) is 23.9 Å². The number of amides is 2. The minimum atomic E-state index is -0.670. The molecule has 2 aliphatic rings. The van der Waals surface area contributed by atoms with Crippen molar-refractivity contribution < 1.29 is 9.59 Å². The summed E-state index contributed by atoms with van der Waals surface area (Å²) in [4.78, 5) is 28.2. The molecule has 4 rings (SSSR count). The average Bonchev–Trinajstić information content (AvgIpc) is 3.36. The number of likely N-dealkylation sites (tertiary alicyclic amines) is 1. The number of primary amides is 1. The molecule has 1 atom stereocenters. The first-order chi connectivity index (χ1) is 12.6. The van der Waals surface area contributed by atoms with E-state index in [1.807, 2.05) is 23.1 Å². The molecule has 0 spiro atoms. The summed E-state index contributed by atoms with van der Waals surface area (Å²) in [7, 11) is 0. The normalized spacial score (nSPS) is 23.0. The van der Waals surface area contributed by atoms with Crippen molar-refractivity contribution in [3.05, 3.63) is 47.3 Å². The third kappa shape index (κ3) is 3.28. The highest BCUT2D eigenvalue weighted by Gasteiger charge is 2.44. The standard InChI is InChI=1S/C21H24N2O2S/c22-20(25)21(10-4-11-23(14-21)19(24)15-8-9-15)13-16-5-1-2-6-17(16)18-7-3-12-26-18/h1-3,5-7,12,15H,4,8-11,13-14H2,(H2,22,25). The van der Waals surface area contributed by atoms with Gasteiger partial charge in [-0.15, -0.1) is 11.3 Å². The Kier molecular flexibility index (Phi) is 4.57. The van der Waals surface area contributed by atoms with Crippen molar-refractivity contribution in [2.45, 2.75) is 32.1 Å². The third-order valence-corrected chi connectivity index (χ3v) is 6.57. The molecule has 1 aromatic heterocycles. The number of rotatable bonds is 5. The molecule has 2 fully saturated rings. The Bertz CT molecular complexity index is 813. The monoisotopic (exact) mass is 368 g/mol. The van der Waals surface area contributed by atoms with Gasteiger partial charge in [-0.1, -0.05) is 30.3 Å². The maximum absolute atomic E-state index is 12.6. The molecule has 0 bridgehead atoms. The lowest BCUT2D eigenvalue weighted by Gasteiger charge is -2.41. The predicted molar refractivity (Wildman–Crippen MR) is 104 cm³/mol. The second-order valence-electron chi connectivity index (χ2n) is 7.59. The van der Waals surface area contributed by atoms with Crippen molar-refractivity contribution in [3.8, 4) is 10.4 Å². The number of carbonyl (C=O) groups excluding carboxylic acids is 2. The fraction of sp³-hybridized carbons (Fsp3) is 0.429. The molecule has 2 heterocycles. The first-order valence-corrected chi connectivity index (χ1v) is 10.2. The zero-order valence-electron chi connectivity index (χ0n) is 14.8. The van der Waals surface area contributed by atoms with Crippen LogP contribution in [0, 0.1) is 11.3 Å². The molecule has 1 saturated heterocycles. The molecule has 4 nitrogen and oxygen atoms in total. The molecule has 1 aliphatic carbocycles. The van der Waals surface area contributed by atoms with Crippen LogP contribution in [0.25, 0.3) is 10.4 Å². The predicted octanol–water partition coefficient (Wildman–Crippen LogP) is 3.46. The second-order valence-corrected chi connectivity index (χ2v) is 8.54. The van der Waals surface area contributed by atoms with Gasteiger partial charge in [0.05, 0.1) is 5.41 Å². The zero-order valence-corrected chi connectivity index (χ0v) is 15.6. The quantitative estimate of drug-likeness (QED) is 0.878. The van der Waals surface area contributed by atoms with Crippen molar-refractivity contribution in [2.24, 2.45) is 17.1 Å². The molecule has 2 aromatic rings. The van der Waals surface area contributed by atoms with E-state index in [0.717, 1.165) is 43.4 Å². The number of hydrogen-bond donors (Lipinski definition) is 1. The molecule has 1 aliphatic heterocycles. The first kappa shape index (κ1) is 17.3. The summed E-state index contributed by atoms with van der Waals surface area (Å²) in [6.07, 6.45) is 4.14. The topological polar surface area (TPSA) is 63.4 Å². The minimum absolute atomic E-state index is 0.178. The van der Waals surface area contributed by atoms with Crippen molar-refractivity contribution in [3.63, 3.8) is 0 Å². The molecule has 26 heavy (non-hydrogen) atoms. The van der Waals surface area contributed by atoms with E-state index in [0.29, 0.717) is 13.0 Å². The summed E-state index contributed by atoms with van der Waals surface area (Å²) in [6, 6.07) is 12.4. The Morgan fingerprint density at radius 1 is 1.19 bits per heavy atom. The second kappa shape index (κ2) is 6.88. The van der Waals surface area contributed by atoms with Gasteiger partial charge >= 0.3 is 0 Å². The number of thiophene rings is 1. The van der Waals surface area contributed by atoms with E-state index in [4.69, 9.17) is 5.73 Å². The van der Waals surface area contributed by atoms with Crippen LogP contribution in [0.2, 0.25) is 0 Å². The van der Waals surface area contributed by atoms with E-state index in [9.17, 15) is 9.59 Å². The van der Waals surface area contributed by atoms with E-state index < -0.39 is 5.41 Å². The summed E-state index contributed by atoms with van der Waals surface area (Å²) in [5.74, 6) is 0.103. The number of nitrogens with zero attached hydrogens (tertiary/aromatic N) is 1. The number of piperidine rings is 1. The molecule has 2 amide bonds. The molecule has 2 N–H and O–H groups in total. The number of benzene rings is 1. The van der Waals surface area contributed by atoms with E-state index in [1.165, 1.54) is 4.88 Å². The van der Waals surface area contributed by atoms with Crippen molar-refractivity contribution in [1.29, 1.82) is 0 Å². The maximum Gasteiger partial charge on any atom is 0.225 e. The Balaban J connectivity index is 1.63. The van der Waals surface area contributed by atoms with Crippen LogP contribution < -0.4 is 5.73 Å². The van der Waals surface area contributed by atoms with Crippen LogP contribution in [-0.4, -0.2) is 29.8 Å². The van der Waals surface area contributed by atoms with Gasteiger partial charge in [0.15, 0.2) is 0 Å². The van der Waals surface area contributed by atoms with Crippen molar-refractivity contribution >= 4 is 23.2 Å². The summed E-state index contributed by atoms with van der Waals surface area (Å²) in [5, 5.41) is 2.06. The average molecular weight is 369 g/mol. The van der Waals surface area contributed by atoms with Gasteiger partial charge in [-0.2, -0.15) is 0 Å². The molecule has 5 heteroatoms. The highest BCUT2D eigenvalue weighted by atomic mass is 32.1. The van der Waals surface area contributed by atoms with Gasteiger partial charge in [0.25, 0.3) is 0 Å². The Hall–Kier alpha value is -2.14. The molecule has 1 saturated carbocycles. The summed E-state index contributed by atoms with van der Waals surface area (Å²) >= 11 is 1.70. The van der Waals surface area contributed by atoms with Crippen LogP contribution in [0.5, 0.6) is 0 Å². The summed E-state index contributed by atoms with van der Waals surface area (Å²) in [5.41, 5.74) is 7.52. The van der Waals surface area contributed by atoms with Crippen LogP contribution in [-0.2, 0) is 16.0 Å². The molecular formula is C21H24N2O2S. The van der Waals surface area contributed by atoms with Gasteiger partial charge < -0.3 is 10.6 Å². The van der Waals surface area contributed by atoms with Crippen LogP contribution in [0.3, 0.4) is 0 Å². The fourth-order valence-electron chi connectivity index (χ4n) is 4.05. The van der Waals surface area contributed by atoms with Gasteiger partial charge in [-0.05, 0) is 54.7 Å². The number of nitrogens with two attached hydrogens (primary N) is 1. The van der Waals surface area contributed by atoms with E-state index in [-0.39, 0.29) is 17.7 Å². The largest absolute Gasteiger partial charge is 0.369 e. The van der Waals surface area contributed by atoms with Crippen LogP contribution in [0.15, 0.2) is 41.8 Å². The van der Waals surface area contributed by atoms with E-state index in [2.05, 4.69) is 23.6 Å². The first-order valence-electron chi connectivity index (χ1n) is 9.29. The van der Waals surface area contributed by atoms with Crippen molar-refractivity contribution in [2.75, 3.05) is 13.1 Å². The number of hydrogen-bond acceptors (Lipinski definition) is 3. The Morgan fingerprint density at radius 2 is 2.00 bits per heavy atom. The molecule has 1 unspecified atom stereocenters. The number of carbonyl (C=O) groups is 2. The lowest BCUT2D eigenvalue weighted by Crippen LogP contribution is -2.53. The van der Waals surface area contributed by atoms with Crippen LogP contribution in [0.4, 0.5) is 0 Å². The summed E-state index contributed by atoms with van der Waals surface area (Å²) in [6.45, 7) is 1.20. The third-order valence-electron chi connectivity index (χ3n) is 5.67. The molecule has 136 valence electrons. The molecule has 0 radical (unpaired) electrons. The lowest BCUT2D eigenvalue weighted by atomic mass is 9.73. The van der Waals surface area contributed by atoms with Gasteiger partial charge in [-0.25, -0.2) is 0 Å². The Morgan fingerprint density at radius 3 is 2.69 bits per heavy atom. The van der Waals surface area contributed by atoms with Crippen LogP contribution in [0.1, 0.15) is 31.2 Å². The van der Waals surface area contributed by atoms with Crippen LogP contribution >= 0.6 is 11.3 Å². The highest BCUT2D eigenvalue weighted by Crippen LogP contribution is 2.39. The van der Waals surface area contributed by atoms with Gasteiger partial charge in [-0.3, -0.25) is 9.59 Å². The van der Waals surface area contributed by atoms with Gasteiger partial charge in [0.1, 0.15) is 0 Å². The molecular weight excluding hydrogens is 344 g/mol. The summed E-state index contributed by atoms with van der Waals surface area (Å²) < 4.78 is 0. The Labute approximate surface area is 158 Å². The van der Waals surface area contributed by atoms with Gasteiger partial charge in [0.2, 0.25) is 11.8 Å². The SMILES string of the molecule is NC(=O)C1(Cc2ccccc2-c2cccs2)CCCN(C(=O)C2CC2)C1. The van der Waals surface area contributed by atoms with E-state index in [1.54, 1.807) is 11.3 Å². The lowest BCUT2D eigenvalue weighted by molar-refractivity contribution is -0.140.